The zero-order chi connectivity index (χ0) is 12.4. The minimum atomic E-state index is 0.390. The van der Waals surface area contributed by atoms with Gasteiger partial charge in [0.2, 0.25) is 0 Å². The molecule has 0 aliphatic heterocycles. The lowest BCUT2D eigenvalue weighted by molar-refractivity contribution is 0.447. The summed E-state index contributed by atoms with van der Waals surface area (Å²) in [7, 11) is 0. The minimum absolute atomic E-state index is 0.390. The van der Waals surface area contributed by atoms with E-state index in [-0.39, 0.29) is 0 Å². The fourth-order valence-electron chi connectivity index (χ4n) is 2.84. The number of aromatic hydroxyl groups is 1. The van der Waals surface area contributed by atoms with Crippen LogP contribution in [0.5, 0.6) is 5.75 Å². The highest BCUT2D eigenvalue weighted by atomic mass is 16.3. The maximum Gasteiger partial charge on any atom is 0.115 e. The van der Waals surface area contributed by atoms with Crippen LogP contribution in [0.2, 0.25) is 0 Å². The summed E-state index contributed by atoms with van der Waals surface area (Å²) < 4.78 is 0. The second-order valence-electron chi connectivity index (χ2n) is 5.12. The summed E-state index contributed by atoms with van der Waals surface area (Å²) in [5.74, 6) is 1.10. The van der Waals surface area contributed by atoms with E-state index in [4.69, 9.17) is 0 Å². The molecule has 1 atom stereocenters. The Labute approximate surface area is 107 Å². The Bertz CT molecular complexity index is 536. The first-order valence-corrected chi connectivity index (χ1v) is 6.51. The highest BCUT2D eigenvalue weighted by molar-refractivity contribution is 5.36. The number of benzene rings is 1. The van der Waals surface area contributed by atoms with E-state index in [2.05, 4.69) is 23.2 Å². The van der Waals surface area contributed by atoms with Gasteiger partial charge in [0.15, 0.2) is 0 Å². The average Bonchev–Trinajstić information content (AvgIpc) is 2.40. The van der Waals surface area contributed by atoms with Crippen LogP contribution in [0.4, 0.5) is 0 Å². The molecule has 2 aromatic rings. The number of hydrogen-bond acceptors (Lipinski definition) is 2. The van der Waals surface area contributed by atoms with E-state index in [0.29, 0.717) is 11.7 Å². The number of aryl methyl sites for hydroxylation is 1. The van der Waals surface area contributed by atoms with E-state index in [9.17, 15) is 5.11 Å². The summed E-state index contributed by atoms with van der Waals surface area (Å²) in [4.78, 5) is 4.06. The summed E-state index contributed by atoms with van der Waals surface area (Å²) in [6, 6.07) is 9.99. The van der Waals surface area contributed by atoms with E-state index in [1.165, 1.54) is 23.1 Å². The lowest BCUT2D eigenvalue weighted by Gasteiger charge is -2.24. The molecule has 18 heavy (non-hydrogen) atoms. The van der Waals surface area contributed by atoms with Crippen molar-refractivity contribution in [2.24, 2.45) is 5.92 Å². The van der Waals surface area contributed by atoms with E-state index in [0.717, 1.165) is 19.3 Å². The number of hydrogen-bond donors (Lipinski definition) is 1. The van der Waals surface area contributed by atoms with Gasteiger partial charge in [-0.05, 0) is 72.6 Å². The quantitative estimate of drug-likeness (QED) is 0.873. The van der Waals surface area contributed by atoms with Crippen LogP contribution in [0.15, 0.2) is 42.7 Å². The van der Waals surface area contributed by atoms with Crippen molar-refractivity contribution in [3.63, 3.8) is 0 Å². The Balaban J connectivity index is 1.73. The molecule has 1 aromatic carbocycles. The Morgan fingerprint density at radius 2 is 1.94 bits per heavy atom. The standard InChI is InChI=1S/C16H17NO/c18-16-4-3-14-10-13(1-2-15(14)11-16)9-12-5-7-17-8-6-12/h3-8,11,13,18H,1-2,9-10H2/t13-/m1/s1. The normalized spacial score (nSPS) is 18.3. The van der Waals surface area contributed by atoms with Crippen LogP contribution in [0.3, 0.4) is 0 Å². The molecule has 3 rings (SSSR count). The SMILES string of the molecule is Oc1ccc2c(c1)CC[C@H](Cc1ccncc1)C2. The van der Waals surface area contributed by atoms with Gasteiger partial charge in [0, 0.05) is 12.4 Å². The molecule has 1 N–H and O–H groups in total. The molecule has 92 valence electrons. The van der Waals surface area contributed by atoms with E-state index in [1.54, 1.807) is 6.07 Å². The Morgan fingerprint density at radius 3 is 2.78 bits per heavy atom. The lowest BCUT2D eigenvalue weighted by Crippen LogP contribution is -2.16. The fourth-order valence-corrected chi connectivity index (χ4v) is 2.84. The maximum atomic E-state index is 9.48. The summed E-state index contributed by atoms with van der Waals surface area (Å²) in [6.45, 7) is 0. The Morgan fingerprint density at radius 1 is 1.11 bits per heavy atom. The summed E-state index contributed by atoms with van der Waals surface area (Å²) in [5.41, 5.74) is 4.09. The molecule has 0 saturated carbocycles. The minimum Gasteiger partial charge on any atom is -0.508 e. The number of rotatable bonds is 2. The smallest absolute Gasteiger partial charge is 0.115 e. The number of phenols is 1. The molecule has 0 amide bonds. The molecule has 1 aromatic heterocycles. The van der Waals surface area contributed by atoms with E-state index in [1.807, 2.05) is 18.5 Å². The third-order valence-electron chi connectivity index (χ3n) is 3.79. The van der Waals surface area contributed by atoms with Crippen molar-refractivity contribution in [1.82, 2.24) is 4.98 Å². The maximum absolute atomic E-state index is 9.48. The average molecular weight is 239 g/mol. The van der Waals surface area contributed by atoms with Gasteiger partial charge in [-0.25, -0.2) is 0 Å². The molecular weight excluding hydrogens is 222 g/mol. The van der Waals surface area contributed by atoms with Crippen LogP contribution in [0.1, 0.15) is 23.1 Å². The Kier molecular flexibility index (Phi) is 3.01. The summed E-state index contributed by atoms with van der Waals surface area (Å²) >= 11 is 0. The molecule has 0 radical (unpaired) electrons. The van der Waals surface area contributed by atoms with Crippen molar-refractivity contribution in [2.75, 3.05) is 0 Å². The number of phenolic OH excluding ortho intramolecular Hbond substituents is 1. The molecular formula is C16H17NO. The van der Waals surface area contributed by atoms with E-state index < -0.39 is 0 Å². The van der Waals surface area contributed by atoms with Gasteiger partial charge in [0.25, 0.3) is 0 Å². The molecule has 1 aliphatic carbocycles. The van der Waals surface area contributed by atoms with Crippen LogP contribution in [-0.4, -0.2) is 10.1 Å². The number of nitrogens with zero attached hydrogens (tertiary/aromatic N) is 1. The van der Waals surface area contributed by atoms with Crippen molar-refractivity contribution in [2.45, 2.75) is 25.7 Å². The van der Waals surface area contributed by atoms with Crippen molar-refractivity contribution in [3.8, 4) is 5.75 Å². The molecule has 0 unspecified atom stereocenters. The summed E-state index contributed by atoms with van der Waals surface area (Å²) in [5, 5.41) is 9.48. The lowest BCUT2D eigenvalue weighted by atomic mass is 9.81. The molecule has 2 heteroatoms. The van der Waals surface area contributed by atoms with Gasteiger partial charge in [-0.1, -0.05) is 6.07 Å². The van der Waals surface area contributed by atoms with Crippen molar-refractivity contribution in [3.05, 3.63) is 59.4 Å². The van der Waals surface area contributed by atoms with Crippen LogP contribution in [0, 0.1) is 5.92 Å². The van der Waals surface area contributed by atoms with E-state index >= 15 is 0 Å². The highest BCUT2D eigenvalue weighted by Gasteiger charge is 2.19. The number of aromatic nitrogens is 1. The molecule has 0 spiro atoms. The van der Waals surface area contributed by atoms with Crippen molar-refractivity contribution < 1.29 is 5.11 Å². The van der Waals surface area contributed by atoms with Gasteiger partial charge in [-0.3, -0.25) is 4.98 Å². The van der Waals surface area contributed by atoms with Gasteiger partial charge in [-0.2, -0.15) is 0 Å². The third kappa shape index (κ3) is 2.37. The van der Waals surface area contributed by atoms with Gasteiger partial charge in [0.1, 0.15) is 5.75 Å². The first kappa shape index (κ1) is 11.3. The highest BCUT2D eigenvalue weighted by Crippen LogP contribution is 2.29. The second-order valence-corrected chi connectivity index (χ2v) is 5.12. The zero-order valence-corrected chi connectivity index (χ0v) is 10.3. The van der Waals surface area contributed by atoms with Crippen LogP contribution in [0.25, 0.3) is 0 Å². The Hall–Kier alpha value is -1.83. The van der Waals surface area contributed by atoms with Crippen molar-refractivity contribution >= 4 is 0 Å². The first-order chi connectivity index (χ1) is 8.81. The predicted molar refractivity (Wildman–Crippen MR) is 71.6 cm³/mol. The molecule has 0 saturated heterocycles. The van der Waals surface area contributed by atoms with Crippen molar-refractivity contribution in [1.29, 1.82) is 0 Å². The van der Waals surface area contributed by atoms with Crippen LogP contribution >= 0.6 is 0 Å². The van der Waals surface area contributed by atoms with Crippen LogP contribution in [-0.2, 0) is 19.3 Å². The zero-order valence-electron chi connectivity index (χ0n) is 10.3. The fraction of sp³-hybridized carbons (Fsp3) is 0.312. The second kappa shape index (κ2) is 4.81. The monoisotopic (exact) mass is 239 g/mol. The molecule has 0 fully saturated rings. The van der Waals surface area contributed by atoms with Gasteiger partial charge in [-0.15, -0.1) is 0 Å². The molecule has 2 nitrogen and oxygen atoms in total. The largest absolute Gasteiger partial charge is 0.508 e. The number of fused-ring (bicyclic) bond motifs is 1. The first-order valence-electron chi connectivity index (χ1n) is 6.51. The van der Waals surface area contributed by atoms with Gasteiger partial charge < -0.3 is 5.11 Å². The van der Waals surface area contributed by atoms with Crippen LogP contribution < -0.4 is 0 Å². The molecule has 0 bridgehead atoms. The molecule has 1 heterocycles. The number of pyridine rings is 1. The topological polar surface area (TPSA) is 33.1 Å². The van der Waals surface area contributed by atoms with Gasteiger partial charge in [0.05, 0.1) is 0 Å². The van der Waals surface area contributed by atoms with Gasteiger partial charge >= 0.3 is 0 Å². The summed E-state index contributed by atoms with van der Waals surface area (Å²) in [6.07, 6.45) is 8.27. The predicted octanol–water partition coefficient (Wildman–Crippen LogP) is 3.13. The molecule has 1 aliphatic rings. The third-order valence-corrected chi connectivity index (χ3v) is 3.79.